The van der Waals surface area contributed by atoms with Crippen LogP contribution in [0.2, 0.25) is 5.28 Å². The summed E-state index contributed by atoms with van der Waals surface area (Å²) in [4.78, 5) is 10.5. The Morgan fingerprint density at radius 1 is 1.25 bits per heavy atom. The largest absolute Gasteiger partial charge is 0.316 e. The molecule has 2 saturated heterocycles. The molecule has 2 fully saturated rings. The van der Waals surface area contributed by atoms with Gasteiger partial charge in [-0.3, -0.25) is 4.90 Å². The van der Waals surface area contributed by atoms with Crippen molar-refractivity contribution in [3.05, 3.63) is 23.2 Å². The fourth-order valence-electron chi connectivity index (χ4n) is 2.76. The highest BCUT2D eigenvalue weighted by Gasteiger charge is 2.35. The number of hydrogen-bond donors (Lipinski definition) is 1. The van der Waals surface area contributed by atoms with Crippen molar-refractivity contribution in [2.45, 2.75) is 6.54 Å². The Hall–Kier alpha value is -0.710. The fourth-order valence-corrected chi connectivity index (χ4v) is 2.86. The molecule has 1 N–H and O–H groups in total. The van der Waals surface area contributed by atoms with E-state index in [1.54, 1.807) is 0 Å². The SMILES string of the molecule is Clc1ncc(CN2CC3CNCC3C2)cn1. The van der Waals surface area contributed by atoms with E-state index >= 15 is 0 Å². The lowest BCUT2D eigenvalue weighted by molar-refractivity contribution is 0.305. The number of fused-ring (bicyclic) bond motifs is 1. The molecule has 0 amide bonds. The summed E-state index contributed by atoms with van der Waals surface area (Å²) in [5.74, 6) is 1.68. The molecule has 0 bridgehead atoms. The van der Waals surface area contributed by atoms with Crippen molar-refractivity contribution in [3.8, 4) is 0 Å². The molecule has 3 rings (SSSR count). The number of nitrogens with one attached hydrogen (secondary N) is 1. The molecule has 4 nitrogen and oxygen atoms in total. The first-order chi connectivity index (χ1) is 7.81. The fraction of sp³-hybridized carbons (Fsp3) is 0.636. The Balaban J connectivity index is 1.62. The summed E-state index contributed by atoms with van der Waals surface area (Å²) in [6.07, 6.45) is 3.64. The van der Waals surface area contributed by atoms with E-state index in [2.05, 4.69) is 20.2 Å². The minimum Gasteiger partial charge on any atom is -0.316 e. The predicted octanol–water partition coefficient (Wildman–Crippen LogP) is 0.781. The summed E-state index contributed by atoms with van der Waals surface area (Å²) >= 11 is 5.66. The third-order valence-electron chi connectivity index (χ3n) is 3.55. The van der Waals surface area contributed by atoms with Gasteiger partial charge in [0.05, 0.1) is 0 Å². The van der Waals surface area contributed by atoms with Crippen LogP contribution in [-0.4, -0.2) is 41.0 Å². The van der Waals surface area contributed by atoms with Crippen molar-refractivity contribution < 1.29 is 0 Å². The summed E-state index contributed by atoms with van der Waals surface area (Å²) in [7, 11) is 0. The molecule has 2 atom stereocenters. The Kier molecular flexibility index (Phi) is 2.79. The van der Waals surface area contributed by atoms with Gasteiger partial charge in [-0.2, -0.15) is 0 Å². The molecule has 5 heteroatoms. The van der Waals surface area contributed by atoms with Crippen LogP contribution in [0, 0.1) is 11.8 Å². The average Bonchev–Trinajstić information content (AvgIpc) is 2.81. The van der Waals surface area contributed by atoms with E-state index in [1.165, 1.54) is 26.2 Å². The molecule has 0 spiro atoms. The molecule has 1 aromatic rings. The Morgan fingerprint density at radius 3 is 2.50 bits per heavy atom. The van der Waals surface area contributed by atoms with Crippen LogP contribution in [0.4, 0.5) is 0 Å². The van der Waals surface area contributed by atoms with E-state index < -0.39 is 0 Å². The molecule has 1 aromatic heterocycles. The van der Waals surface area contributed by atoms with Gasteiger partial charge >= 0.3 is 0 Å². The van der Waals surface area contributed by atoms with E-state index in [1.807, 2.05) is 12.4 Å². The van der Waals surface area contributed by atoms with Crippen molar-refractivity contribution >= 4 is 11.6 Å². The van der Waals surface area contributed by atoms with Crippen LogP contribution >= 0.6 is 11.6 Å². The molecule has 2 unspecified atom stereocenters. The van der Waals surface area contributed by atoms with Crippen molar-refractivity contribution in [2.24, 2.45) is 11.8 Å². The van der Waals surface area contributed by atoms with E-state index in [-0.39, 0.29) is 0 Å². The molecule has 0 saturated carbocycles. The second-order valence-electron chi connectivity index (χ2n) is 4.73. The van der Waals surface area contributed by atoms with Gasteiger partial charge in [0.2, 0.25) is 5.28 Å². The molecule has 2 aliphatic rings. The maximum absolute atomic E-state index is 5.66. The number of rotatable bonds is 2. The van der Waals surface area contributed by atoms with Crippen molar-refractivity contribution in [2.75, 3.05) is 26.2 Å². The van der Waals surface area contributed by atoms with Gasteiger partial charge in [0.15, 0.2) is 0 Å². The van der Waals surface area contributed by atoms with Gasteiger partial charge in [0.1, 0.15) is 0 Å². The summed E-state index contributed by atoms with van der Waals surface area (Å²) in [6, 6.07) is 0. The van der Waals surface area contributed by atoms with Crippen LogP contribution in [-0.2, 0) is 6.54 Å². The molecule has 16 heavy (non-hydrogen) atoms. The van der Waals surface area contributed by atoms with Gasteiger partial charge in [0, 0.05) is 37.6 Å². The summed E-state index contributed by atoms with van der Waals surface area (Å²) in [5, 5.41) is 3.77. The molecule has 0 aromatic carbocycles. The second kappa shape index (κ2) is 4.28. The zero-order valence-electron chi connectivity index (χ0n) is 9.06. The molecule has 86 valence electrons. The minimum atomic E-state index is 0.325. The van der Waals surface area contributed by atoms with Crippen LogP contribution < -0.4 is 5.32 Å². The Bertz CT molecular complexity index is 355. The molecule has 3 heterocycles. The van der Waals surface area contributed by atoms with Crippen molar-refractivity contribution in [1.29, 1.82) is 0 Å². The highest BCUT2D eigenvalue weighted by Crippen LogP contribution is 2.27. The topological polar surface area (TPSA) is 41.1 Å². The lowest BCUT2D eigenvalue weighted by atomic mass is 10.0. The maximum atomic E-state index is 5.66. The van der Waals surface area contributed by atoms with Gasteiger partial charge in [-0.25, -0.2) is 9.97 Å². The number of aromatic nitrogens is 2. The Labute approximate surface area is 100 Å². The van der Waals surface area contributed by atoms with E-state index in [4.69, 9.17) is 11.6 Å². The quantitative estimate of drug-likeness (QED) is 0.774. The average molecular weight is 239 g/mol. The molecular weight excluding hydrogens is 224 g/mol. The van der Waals surface area contributed by atoms with Crippen molar-refractivity contribution in [1.82, 2.24) is 20.2 Å². The van der Waals surface area contributed by atoms with Gasteiger partial charge in [0.25, 0.3) is 0 Å². The molecular formula is C11H15ClN4. The number of likely N-dealkylation sites (tertiary alicyclic amines) is 1. The van der Waals surface area contributed by atoms with Gasteiger partial charge in [-0.05, 0) is 36.5 Å². The van der Waals surface area contributed by atoms with Crippen LogP contribution in [0.15, 0.2) is 12.4 Å². The monoisotopic (exact) mass is 238 g/mol. The minimum absolute atomic E-state index is 0.325. The van der Waals surface area contributed by atoms with Crippen LogP contribution in [0.3, 0.4) is 0 Å². The second-order valence-corrected chi connectivity index (χ2v) is 5.07. The van der Waals surface area contributed by atoms with Crippen LogP contribution in [0.25, 0.3) is 0 Å². The number of nitrogens with zero attached hydrogens (tertiary/aromatic N) is 3. The predicted molar refractivity (Wildman–Crippen MR) is 62.2 cm³/mol. The Morgan fingerprint density at radius 2 is 1.88 bits per heavy atom. The first-order valence-corrected chi connectivity index (χ1v) is 6.08. The van der Waals surface area contributed by atoms with Crippen LogP contribution in [0.5, 0.6) is 0 Å². The normalized spacial score (nSPS) is 29.6. The lowest BCUT2D eigenvalue weighted by Gasteiger charge is -2.16. The summed E-state index contributed by atoms with van der Waals surface area (Å²) < 4.78 is 0. The first kappa shape index (κ1) is 10.4. The smallest absolute Gasteiger partial charge is 0.222 e. The highest BCUT2D eigenvalue weighted by molar-refractivity contribution is 6.28. The highest BCUT2D eigenvalue weighted by atomic mass is 35.5. The molecule has 2 aliphatic heterocycles. The zero-order chi connectivity index (χ0) is 11.0. The first-order valence-electron chi connectivity index (χ1n) is 5.71. The number of halogens is 1. The third-order valence-corrected chi connectivity index (χ3v) is 3.74. The molecule has 0 radical (unpaired) electrons. The summed E-state index contributed by atoms with van der Waals surface area (Å²) in [6.45, 7) is 5.70. The lowest BCUT2D eigenvalue weighted by Crippen LogP contribution is -2.25. The maximum Gasteiger partial charge on any atom is 0.222 e. The zero-order valence-corrected chi connectivity index (χ0v) is 9.82. The van der Waals surface area contributed by atoms with E-state index in [0.29, 0.717) is 5.28 Å². The van der Waals surface area contributed by atoms with Gasteiger partial charge < -0.3 is 5.32 Å². The number of hydrogen-bond acceptors (Lipinski definition) is 4. The van der Waals surface area contributed by atoms with Crippen molar-refractivity contribution in [3.63, 3.8) is 0 Å². The molecule has 0 aliphatic carbocycles. The van der Waals surface area contributed by atoms with Crippen LogP contribution in [0.1, 0.15) is 5.56 Å². The van der Waals surface area contributed by atoms with E-state index in [9.17, 15) is 0 Å². The summed E-state index contributed by atoms with van der Waals surface area (Å²) in [5.41, 5.74) is 1.15. The standard InChI is InChI=1S/C11H15ClN4/c12-11-14-1-8(2-15-11)5-16-6-9-3-13-4-10(9)7-16/h1-2,9-10,13H,3-7H2. The van der Waals surface area contributed by atoms with Gasteiger partial charge in [-0.15, -0.1) is 0 Å². The van der Waals surface area contributed by atoms with E-state index in [0.717, 1.165) is 23.9 Å². The van der Waals surface area contributed by atoms with Gasteiger partial charge in [-0.1, -0.05) is 0 Å². The third kappa shape index (κ3) is 2.05.